The first-order valence-corrected chi connectivity index (χ1v) is 7.05. The normalized spacial score (nSPS) is 18.4. The van der Waals surface area contributed by atoms with E-state index in [1.807, 2.05) is 0 Å². The molecule has 1 saturated carbocycles. The number of nitrogens with one attached hydrogen (secondary N) is 1. The van der Waals surface area contributed by atoms with Gasteiger partial charge in [0.1, 0.15) is 10.7 Å². The molecule has 1 aliphatic carbocycles. The lowest BCUT2D eigenvalue weighted by Gasteiger charge is -2.37. The molecule has 1 heterocycles. The molecule has 0 aliphatic heterocycles. The summed E-state index contributed by atoms with van der Waals surface area (Å²) in [5.74, 6) is -1.18. The van der Waals surface area contributed by atoms with Gasteiger partial charge in [0.15, 0.2) is 0 Å². The molecule has 7 heteroatoms. The van der Waals surface area contributed by atoms with Gasteiger partial charge in [0.25, 0.3) is 5.91 Å². The molecule has 1 fully saturated rings. The Kier molecular flexibility index (Phi) is 3.86. The predicted octanol–water partition coefficient (Wildman–Crippen LogP) is 1.15. The standard InChI is InChI=1S/C12H17N3O3S/c1-7(13)10-15-8(5-19-10)9(16)14-6-12(11(17)18)3-2-4-12/h5,7H,2-4,6,13H2,1H3,(H,14,16)(H,17,18). The van der Waals surface area contributed by atoms with Crippen LogP contribution in [-0.4, -0.2) is 28.5 Å². The molecule has 0 bridgehead atoms. The lowest BCUT2D eigenvalue weighted by atomic mass is 9.69. The summed E-state index contributed by atoms with van der Waals surface area (Å²) in [6.45, 7) is 1.96. The summed E-state index contributed by atoms with van der Waals surface area (Å²) in [5.41, 5.74) is 5.20. The van der Waals surface area contributed by atoms with Gasteiger partial charge in [-0.1, -0.05) is 6.42 Å². The van der Waals surface area contributed by atoms with Crippen molar-refractivity contribution < 1.29 is 14.7 Å². The van der Waals surface area contributed by atoms with Crippen LogP contribution >= 0.6 is 11.3 Å². The zero-order valence-corrected chi connectivity index (χ0v) is 11.5. The Morgan fingerprint density at radius 1 is 1.63 bits per heavy atom. The number of rotatable bonds is 5. The van der Waals surface area contributed by atoms with E-state index < -0.39 is 11.4 Å². The molecular weight excluding hydrogens is 266 g/mol. The second-order valence-corrected chi connectivity index (χ2v) is 5.87. The molecule has 0 spiro atoms. The third-order valence-electron chi connectivity index (χ3n) is 3.50. The van der Waals surface area contributed by atoms with E-state index in [9.17, 15) is 9.59 Å². The topological polar surface area (TPSA) is 105 Å². The van der Waals surface area contributed by atoms with Crippen molar-refractivity contribution in [2.24, 2.45) is 11.1 Å². The molecule has 2 rings (SSSR count). The first kappa shape index (κ1) is 14.0. The maximum Gasteiger partial charge on any atom is 0.311 e. The zero-order valence-electron chi connectivity index (χ0n) is 10.7. The molecule has 1 amide bonds. The van der Waals surface area contributed by atoms with Gasteiger partial charge >= 0.3 is 5.97 Å². The highest BCUT2D eigenvalue weighted by Gasteiger charge is 2.44. The van der Waals surface area contributed by atoms with Crippen LogP contribution in [0.3, 0.4) is 0 Å². The molecule has 19 heavy (non-hydrogen) atoms. The minimum absolute atomic E-state index is 0.159. The zero-order chi connectivity index (χ0) is 14.0. The summed E-state index contributed by atoms with van der Waals surface area (Å²) in [6.07, 6.45) is 2.13. The lowest BCUT2D eigenvalue weighted by molar-refractivity contribution is -0.153. The van der Waals surface area contributed by atoms with Crippen molar-refractivity contribution in [1.82, 2.24) is 10.3 Å². The molecule has 0 saturated heterocycles. The number of aliphatic carboxylic acids is 1. The number of carboxylic acids is 1. The van der Waals surface area contributed by atoms with E-state index >= 15 is 0 Å². The number of carboxylic acid groups (broad SMARTS) is 1. The van der Waals surface area contributed by atoms with E-state index in [-0.39, 0.29) is 18.5 Å². The third kappa shape index (κ3) is 2.76. The molecule has 0 aromatic carbocycles. The number of nitrogens with zero attached hydrogens (tertiary/aromatic N) is 1. The van der Waals surface area contributed by atoms with Gasteiger partial charge in [-0.15, -0.1) is 11.3 Å². The van der Waals surface area contributed by atoms with E-state index in [0.717, 1.165) is 6.42 Å². The molecule has 0 radical (unpaired) electrons. The van der Waals surface area contributed by atoms with E-state index in [4.69, 9.17) is 10.8 Å². The van der Waals surface area contributed by atoms with Gasteiger partial charge in [-0.05, 0) is 19.8 Å². The van der Waals surface area contributed by atoms with Gasteiger partial charge in [-0.3, -0.25) is 9.59 Å². The maximum atomic E-state index is 11.9. The SMILES string of the molecule is CC(N)c1nc(C(=O)NCC2(C(=O)O)CCC2)cs1. The summed E-state index contributed by atoms with van der Waals surface area (Å²) in [5, 5.41) is 14.2. The number of carbonyl (C=O) groups is 2. The fraction of sp³-hybridized carbons (Fsp3) is 0.583. The van der Waals surface area contributed by atoms with Gasteiger partial charge < -0.3 is 16.2 Å². The van der Waals surface area contributed by atoms with Crippen molar-refractivity contribution in [3.05, 3.63) is 16.1 Å². The van der Waals surface area contributed by atoms with Crippen LogP contribution in [0.4, 0.5) is 0 Å². The quantitative estimate of drug-likeness (QED) is 0.751. The van der Waals surface area contributed by atoms with Crippen molar-refractivity contribution in [2.75, 3.05) is 6.54 Å². The van der Waals surface area contributed by atoms with Gasteiger partial charge in [0.05, 0.1) is 11.5 Å². The van der Waals surface area contributed by atoms with E-state index in [2.05, 4.69) is 10.3 Å². The average Bonchev–Trinajstić information content (AvgIpc) is 2.75. The molecule has 1 aromatic rings. The maximum absolute atomic E-state index is 11.9. The Bertz CT molecular complexity index is 494. The van der Waals surface area contributed by atoms with E-state index in [1.54, 1.807) is 12.3 Å². The number of nitrogens with two attached hydrogens (primary N) is 1. The fourth-order valence-corrected chi connectivity index (χ4v) is 2.77. The van der Waals surface area contributed by atoms with Gasteiger partial charge in [0.2, 0.25) is 0 Å². The van der Waals surface area contributed by atoms with Crippen LogP contribution in [0.1, 0.15) is 47.7 Å². The Morgan fingerprint density at radius 2 is 2.32 bits per heavy atom. The third-order valence-corrected chi connectivity index (χ3v) is 4.54. The molecule has 1 atom stereocenters. The molecular formula is C12H17N3O3S. The van der Waals surface area contributed by atoms with Crippen molar-refractivity contribution >= 4 is 23.2 Å². The number of carbonyl (C=O) groups excluding carboxylic acids is 1. The summed E-state index contributed by atoms with van der Waals surface area (Å²) in [7, 11) is 0. The smallest absolute Gasteiger partial charge is 0.311 e. The molecule has 104 valence electrons. The van der Waals surface area contributed by atoms with Crippen LogP contribution < -0.4 is 11.1 Å². The number of hydrogen-bond acceptors (Lipinski definition) is 5. The lowest BCUT2D eigenvalue weighted by Crippen LogP contribution is -2.47. The molecule has 1 aliphatic rings. The van der Waals surface area contributed by atoms with Crippen LogP contribution in [0.2, 0.25) is 0 Å². The fourth-order valence-electron chi connectivity index (χ4n) is 2.01. The molecule has 6 nitrogen and oxygen atoms in total. The first-order chi connectivity index (χ1) is 8.94. The highest BCUT2D eigenvalue weighted by Crippen LogP contribution is 2.40. The minimum Gasteiger partial charge on any atom is -0.481 e. The van der Waals surface area contributed by atoms with Crippen molar-refractivity contribution in [1.29, 1.82) is 0 Å². The Hall–Kier alpha value is -1.47. The highest BCUT2D eigenvalue weighted by molar-refractivity contribution is 7.09. The second kappa shape index (κ2) is 5.26. The summed E-state index contributed by atoms with van der Waals surface area (Å²) in [6, 6.07) is -0.205. The van der Waals surface area contributed by atoms with Crippen molar-refractivity contribution in [3.8, 4) is 0 Å². The van der Waals surface area contributed by atoms with Crippen molar-refractivity contribution in [2.45, 2.75) is 32.2 Å². The number of amides is 1. The Morgan fingerprint density at radius 3 is 2.74 bits per heavy atom. The first-order valence-electron chi connectivity index (χ1n) is 6.17. The summed E-state index contributed by atoms with van der Waals surface area (Å²) < 4.78 is 0. The Balaban J connectivity index is 1.95. The Labute approximate surface area is 115 Å². The van der Waals surface area contributed by atoms with Crippen molar-refractivity contribution in [3.63, 3.8) is 0 Å². The largest absolute Gasteiger partial charge is 0.481 e. The van der Waals surface area contributed by atoms with Gasteiger partial charge in [-0.2, -0.15) is 0 Å². The molecule has 1 aromatic heterocycles. The van der Waals surface area contributed by atoms with Crippen LogP contribution in [0.25, 0.3) is 0 Å². The molecule has 4 N–H and O–H groups in total. The van der Waals surface area contributed by atoms with E-state index in [1.165, 1.54) is 11.3 Å². The van der Waals surface area contributed by atoms with Crippen LogP contribution in [-0.2, 0) is 4.79 Å². The van der Waals surface area contributed by atoms with Gasteiger partial charge in [-0.25, -0.2) is 4.98 Å². The monoisotopic (exact) mass is 283 g/mol. The van der Waals surface area contributed by atoms with Crippen LogP contribution in [0.5, 0.6) is 0 Å². The number of thiazole rings is 1. The number of hydrogen-bond donors (Lipinski definition) is 3. The van der Waals surface area contributed by atoms with Crippen LogP contribution in [0, 0.1) is 5.41 Å². The molecule has 1 unspecified atom stereocenters. The second-order valence-electron chi connectivity index (χ2n) is 4.98. The average molecular weight is 283 g/mol. The summed E-state index contributed by atoms with van der Waals surface area (Å²) >= 11 is 1.33. The minimum atomic E-state index is -0.839. The van der Waals surface area contributed by atoms with Crippen LogP contribution in [0.15, 0.2) is 5.38 Å². The number of aromatic nitrogens is 1. The van der Waals surface area contributed by atoms with Gasteiger partial charge in [0, 0.05) is 11.9 Å². The summed E-state index contributed by atoms with van der Waals surface area (Å²) in [4.78, 5) is 27.2. The highest BCUT2D eigenvalue weighted by atomic mass is 32.1. The predicted molar refractivity (Wildman–Crippen MR) is 71.0 cm³/mol. The van der Waals surface area contributed by atoms with E-state index in [0.29, 0.717) is 23.5 Å².